The van der Waals surface area contributed by atoms with Crippen LogP contribution in [-0.2, 0) is 9.53 Å². The van der Waals surface area contributed by atoms with Crippen LogP contribution in [0.2, 0.25) is 0 Å². The van der Waals surface area contributed by atoms with Gasteiger partial charge in [-0.3, -0.25) is 4.79 Å². The predicted molar refractivity (Wildman–Crippen MR) is 76.6 cm³/mol. The minimum absolute atomic E-state index is 0.207. The van der Waals surface area contributed by atoms with Gasteiger partial charge in [-0.05, 0) is 30.5 Å². The summed E-state index contributed by atoms with van der Waals surface area (Å²) in [5.41, 5.74) is 1.69. The molecule has 1 aromatic rings. The lowest BCUT2D eigenvalue weighted by molar-refractivity contribution is -0.132. The first-order valence-electron chi connectivity index (χ1n) is 7.11. The van der Waals surface area contributed by atoms with Crippen molar-refractivity contribution in [1.82, 2.24) is 4.90 Å². The van der Waals surface area contributed by atoms with E-state index in [-0.39, 0.29) is 11.9 Å². The SMILES string of the molecule is CCC(=O)N1CCC[C@@H](c2cccc(C(=O)OC)c2)C1. The molecular weight excluding hydrogens is 254 g/mol. The van der Waals surface area contributed by atoms with E-state index in [0.29, 0.717) is 17.9 Å². The van der Waals surface area contributed by atoms with E-state index >= 15 is 0 Å². The standard InChI is InChI=1S/C16H21NO3/c1-3-15(18)17-9-5-8-14(11-17)12-6-4-7-13(10-12)16(19)20-2/h4,6-7,10,14H,3,5,8-9,11H2,1-2H3/t14-/m1/s1. The number of nitrogens with zero attached hydrogens (tertiary/aromatic N) is 1. The van der Waals surface area contributed by atoms with Crippen molar-refractivity contribution in [1.29, 1.82) is 0 Å². The Morgan fingerprint density at radius 1 is 1.40 bits per heavy atom. The molecule has 0 N–H and O–H groups in total. The van der Waals surface area contributed by atoms with Crippen molar-refractivity contribution in [2.45, 2.75) is 32.1 Å². The molecule has 1 aromatic carbocycles. The molecule has 1 fully saturated rings. The summed E-state index contributed by atoms with van der Waals surface area (Å²) in [4.78, 5) is 25.3. The third-order valence-electron chi connectivity index (χ3n) is 3.86. The predicted octanol–water partition coefficient (Wildman–Crippen LogP) is 2.59. The molecule has 4 nitrogen and oxygen atoms in total. The van der Waals surface area contributed by atoms with Crippen molar-refractivity contribution in [3.8, 4) is 0 Å². The Morgan fingerprint density at radius 3 is 2.90 bits per heavy atom. The van der Waals surface area contributed by atoms with Crippen molar-refractivity contribution in [2.75, 3.05) is 20.2 Å². The third kappa shape index (κ3) is 3.18. The summed E-state index contributed by atoms with van der Waals surface area (Å²) >= 11 is 0. The molecule has 1 aliphatic heterocycles. The van der Waals surface area contributed by atoms with Gasteiger partial charge >= 0.3 is 5.97 Å². The monoisotopic (exact) mass is 275 g/mol. The number of carbonyl (C=O) groups is 2. The molecule has 0 aliphatic carbocycles. The van der Waals surface area contributed by atoms with Gasteiger partial charge in [0.2, 0.25) is 5.91 Å². The fourth-order valence-corrected chi connectivity index (χ4v) is 2.74. The largest absolute Gasteiger partial charge is 0.465 e. The molecular formula is C16H21NO3. The topological polar surface area (TPSA) is 46.6 Å². The highest BCUT2D eigenvalue weighted by molar-refractivity contribution is 5.89. The summed E-state index contributed by atoms with van der Waals surface area (Å²) in [5, 5.41) is 0. The lowest BCUT2D eigenvalue weighted by Crippen LogP contribution is -2.38. The Labute approximate surface area is 119 Å². The molecule has 0 saturated carbocycles. The number of esters is 1. The highest BCUT2D eigenvalue weighted by atomic mass is 16.5. The molecule has 2 rings (SSSR count). The average molecular weight is 275 g/mol. The molecule has 108 valence electrons. The van der Waals surface area contributed by atoms with Gasteiger partial charge in [-0.15, -0.1) is 0 Å². The number of amides is 1. The van der Waals surface area contributed by atoms with E-state index < -0.39 is 0 Å². The summed E-state index contributed by atoms with van der Waals surface area (Å²) in [6.07, 6.45) is 2.62. The summed E-state index contributed by atoms with van der Waals surface area (Å²) in [5.74, 6) is 0.201. The lowest BCUT2D eigenvalue weighted by atomic mass is 9.89. The number of likely N-dealkylation sites (tertiary alicyclic amines) is 1. The fraction of sp³-hybridized carbons (Fsp3) is 0.500. The highest BCUT2D eigenvalue weighted by Gasteiger charge is 2.24. The Hall–Kier alpha value is -1.84. The van der Waals surface area contributed by atoms with Crippen LogP contribution in [0.15, 0.2) is 24.3 Å². The van der Waals surface area contributed by atoms with Gasteiger partial charge in [0, 0.05) is 25.4 Å². The number of carbonyl (C=O) groups excluding carboxylic acids is 2. The van der Waals surface area contributed by atoms with Crippen LogP contribution in [0.5, 0.6) is 0 Å². The molecule has 1 aliphatic rings. The Bertz CT molecular complexity index is 498. The number of methoxy groups -OCH3 is 1. The second-order valence-corrected chi connectivity index (χ2v) is 5.15. The summed E-state index contributed by atoms with van der Waals surface area (Å²) < 4.78 is 4.75. The van der Waals surface area contributed by atoms with Crippen LogP contribution in [0, 0.1) is 0 Å². The molecule has 1 saturated heterocycles. The van der Waals surface area contributed by atoms with Crippen molar-refractivity contribution >= 4 is 11.9 Å². The van der Waals surface area contributed by atoms with Gasteiger partial charge in [-0.1, -0.05) is 19.1 Å². The summed E-state index contributed by atoms with van der Waals surface area (Å²) in [7, 11) is 1.39. The normalized spacial score (nSPS) is 18.7. The number of ether oxygens (including phenoxy) is 1. The maximum absolute atomic E-state index is 11.8. The van der Waals surface area contributed by atoms with E-state index in [2.05, 4.69) is 0 Å². The van der Waals surface area contributed by atoms with Gasteiger partial charge in [-0.2, -0.15) is 0 Å². The zero-order chi connectivity index (χ0) is 14.5. The molecule has 20 heavy (non-hydrogen) atoms. The van der Waals surface area contributed by atoms with Gasteiger partial charge in [-0.25, -0.2) is 4.79 Å². The first kappa shape index (κ1) is 14.6. The summed E-state index contributed by atoms with van der Waals surface area (Å²) in [6, 6.07) is 7.54. The van der Waals surface area contributed by atoms with Crippen LogP contribution in [0.1, 0.15) is 48.0 Å². The van der Waals surface area contributed by atoms with Gasteiger partial charge in [0.1, 0.15) is 0 Å². The first-order chi connectivity index (χ1) is 9.65. The van der Waals surface area contributed by atoms with E-state index in [9.17, 15) is 9.59 Å². The quantitative estimate of drug-likeness (QED) is 0.797. The van der Waals surface area contributed by atoms with Crippen LogP contribution in [0.25, 0.3) is 0 Å². The van der Waals surface area contributed by atoms with E-state index in [0.717, 1.165) is 31.5 Å². The minimum atomic E-state index is -0.316. The van der Waals surface area contributed by atoms with Crippen molar-refractivity contribution in [3.63, 3.8) is 0 Å². The van der Waals surface area contributed by atoms with Crippen LogP contribution in [0.3, 0.4) is 0 Å². The maximum atomic E-state index is 11.8. The van der Waals surface area contributed by atoms with Gasteiger partial charge in [0.25, 0.3) is 0 Å². The molecule has 0 bridgehead atoms. The smallest absolute Gasteiger partial charge is 0.337 e. The maximum Gasteiger partial charge on any atom is 0.337 e. The van der Waals surface area contributed by atoms with Crippen LogP contribution in [-0.4, -0.2) is 37.0 Å². The molecule has 0 radical (unpaired) electrons. The van der Waals surface area contributed by atoms with Crippen LogP contribution < -0.4 is 0 Å². The molecule has 1 atom stereocenters. The third-order valence-corrected chi connectivity index (χ3v) is 3.86. The van der Waals surface area contributed by atoms with Crippen LogP contribution >= 0.6 is 0 Å². The molecule has 0 spiro atoms. The zero-order valence-corrected chi connectivity index (χ0v) is 12.1. The molecule has 4 heteroatoms. The van der Waals surface area contributed by atoms with Gasteiger partial charge < -0.3 is 9.64 Å². The van der Waals surface area contributed by atoms with Crippen molar-refractivity contribution in [2.24, 2.45) is 0 Å². The minimum Gasteiger partial charge on any atom is -0.465 e. The number of hydrogen-bond donors (Lipinski definition) is 0. The zero-order valence-electron chi connectivity index (χ0n) is 12.1. The molecule has 0 unspecified atom stereocenters. The van der Waals surface area contributed by atoms with E-state index in [4.69, 9.17) is 4.74 Å². The summed E-state index contributed by atoms with van der Waals surface area (Å²) in [6.45, 7) is 3.49. The number of benzene rings is 1. The van der Waals surface area contributed by atoms with Crippen LogP contribution in [0.4, 0.5) is 0 Å². The number of hydrogen-bond acceptors (Lipinski definition) is 3. The molecule has 1 heterocycles. The molecule has 1 amide bonds. The average Bonchev–Trinajstić information content (AvgIpc) is 2.53. The van der Waals surface area contributed by atoms with Gasteiger partial charge in [0.15, 0.2) is 0 Å². The van der Waals surface area contributed by atoms with E-state index in [1.54, 1.807) is 6.07 Å². The van der Waals surface area contributed by atoms with Crippen molar-refractivity contribution in [3.05, 3.63) is 35.4 Å². The number of rotatable bonds is 3. The second-order valence-electron chi connectivity index (χ2n) is 5.15. The Kier molecular flexibility index (Phi) is 4.77. The van der Waals surface area contributed by atoms with E-state index in [1.165, 1.54) is 7.11 Å². The molecule has 0 aromatic heterocycles. The fourth-order valence-electron chi connectivity index (χ4n) is 2.74. The second kappa shape index (κ2) is 6.55. The van der Waals surface area contributed by atoms with Crippen molar-refractivity contribution < 1.29 is 14.3 Å². The highest BCUT2D eigenvalue weighted by Crippen LogP contribution is 2.27. The lowest BCUT2D eigenvalue weighted by Gasteiger charge is -2.33. The Balaban J connectivity index is 2.14. The van der Waals surface area contributed by atoms with E-state index in [1.807, 2.05) is 30.0 Å². The van der Waals surface area contributed by atoms with Gasteiger partial charge in [0.05, 0.1) is 12.7 Å². The number of piperidine rings is 1. The first-order valence-corrected chi connectivity index (χ1v) is 7.11. The Morgan fingerprint density at radius 2 is 2.20 bits per heavy atom.